The Kier molecular flexibility index (Phi) is 5.67. The maximum atomic E-state index is 13.0. The van der Waals surface area contributed by atoms with Crippen LogP contribution < -0.4 is 0 Å². The van der Waals surface area contributed by atoms with E-state index in [1.807, 2.05) is 0 Å². The largest absolute Gasteiger partial charge is 0.416 e. The van der Waals surface area contributed by atoms with Gasteiger partial charge in [-0.05, 0) is 48.7 Å². The first kappa shape index (κ1) is 20.4. The second-order valence-corrected chi connectivity index (χ2v) is 17.1. The number of rotatable bonds is 10. The number of aliphatic hydroxyl groups is 1. The Labute approximate surface area is 149 Å². The highest BCUT2D eigenvalue weighted by atomic mass is 32.2. The number of aliphatic hydroxyl groups excluding tert-OH is 1. The van der Waals surface area contributed by atoms with Crippen molar-refractivity contribution < 1.29 is 18.0 Å². The van der Waals surface area contributed by atoms with Crippen LogP contribution in [0.1, 0.15) is 73.6 Å². The lowest BCUT2D eigenvalue weighted by Crippen LogP contribution is -2.48. The lowest BCUT2D eigenvalue weighted by molar-refractivity contribution is 0.264. The molecule has 0 saturated heterocycles. The molecule has 0 aromatic carbocycles. The van der Waals surface area contributed by atoms with Crippen LogP contribution in [0.5, 0.6) is 0 Å². The Morgan fingerprint density at radius 1 is 0.917 bits per heavy atom. The third-order valence-electron chi connectivity index (χ3n) is 6.66. The summed E-state index contributed by atoms with van der Waals surface area (Å²) in [6, 6.07) is 0. The highest BCUT2D eigenvalue weighted by Gasteiger charge is 2.66. The molecule has 6 heteroatoms. The molecule has 0 atom stereocenters. The molecule has 2 aliphatic rings. The van der Waals surface area contributed by atoms with Gasteiger partial charge in [0.1, 0.15) is 0 Å². The molecular formula is C18H36O4SSi. The third-order valence-corrected chi connectivity index (χ3v) is 16.2. The second-order valence-electron chi connectivity index (χ2n) is 8.94. The topological polar surface area (TPSA) is 63.6 Å². The smallest absolute Gasteiger partial charge is 0.200 e. The maximum absolute atomic E-state index is 13.0. The minimum absolute atomic E-state index is 0.222. The molecule has 0 bridgehead atoms. The fourth-order valence-corrected chi connectivity index (χ4v) is 13.0. The van der Waals surface area contributed by atoms with Crippen LogP contribution in [-0.4, -0.2) is 44.5 Å². The zero-order valence-electron chi connectivity index (χ0n) is 16.3. The van der Waals surface area contributed by atoms with E-state index < -0.39 is 27.6 Å². The van der Waals surface area contributed by atoms with Crippen molar-refractivity contribution in [3.05, 3.63) is 0 Å². The van der Waals surface area contributed by atoms with Crippen molar-refractivity contribution in [3.8, 4) is 0 Å². The van der Waals surface area contributed by atoms with Gasteiger partial charge in [0.05, 0.1) is 16.1 Å². The molecule has 2 fully saturated rings. The van der Waals surface area contributed by atoms with Crippen molar-refractivity contribution in [2.45, 2.75) is 99.8 Å². The van der Waals surface area contributed by atoms with Gasteiger partial charge in [0.15, 0.2) is 18.2 Å². The Morgan fingerprint density at radius 2 is 1.33 bits per heavy atom. The van der Waals surface area contributed by atoms with Gasteiger partial charge in [-0.25, -0.2) is 8.42 Å². The van der Waals surface area contributed by atoms with Crippen LogP contribution in [0.3, 0.4) is 0 Å². The van der Waals surface area contributed by atoms with Gasteiger partial charge in [-0.15, -0.1) is 0 Å². The van der Waals surface area contributed by atoms with Crippen molar-refractivity contribution in [1.82, 2.24) is 0 Å². The molecule has 0 aliphatic heterocycles. The third kappa shape index (κ3) is 3.01. The summed E-state index contributed by atoms with van der Waals surface area (Å²) in [4.78, 5) is 0. The molecule has 0 radical (unpaired) electrons. The fourth-order valence-electron chi connectivity index (χ4n) is 4.82. The maximum Gasteiger partial charge on any atom is 0.200 e. The summed E-state index contributed by atoms with van der Waals surface area (Å²) in [7, 11) is -5.20. The Bertz CT molecular complexity index is 524. The van der Waals surface area contributed by atoms with Gasteiger partial charge in [-0.2, -0.15) is 0 Å². The van der Waals surface area contributed by atoms with E-state index in [1.54, 1.807) is 0 Å². The van der Waals surface area contributed by atoms with Crippen molar-refractivity contribution in [2.75, 3.05) is 13.2 Å². The van der Waals surface area contributed by atoms with Gasteiger partial charge in [0.2, 0.25) is 0 Å². The molecule has 142 valence electrons. The van der Waals surface area contributed by atoms with Crippen LogP contribution in [0.15, 0.2) is 0 Å². The van der Waals surface area contributed by atoms with E-state index in [1.165, 1.54) is 0 Å². The Balaban J connectivity index is 2.08. The van der Waals surface area contributed by atoms with Crippen molar-refractivity contribution >= 4 is 18.2 Å². The highest BCUT2D eigenvalue weighted by Crippen LogP contribution is 2.58. The highest BCUT2D eigenvalue weighted by molar-refractivity contribution is 7.94. The minimum Gasteiger partial charge on any atom is -0.416 e. The van der Waals surface area contributed by atoms with E-state index in [0.29, 0.717) is 42.5 Å². The zero-order chi connectivity index (χ0) is 18.4. The van der Waals surface area contributed by atoms with E-state index in [2.05, 4.69) is 41.5 Å². The molecule has 0 aromatic rings. The standard InChI is InChI=1S/C18H36O4SSi/c1-14(2)24(15(3)4,16(5)6)22-12-11-17(7-8-17)23(20,21)18(13-19)9-10-18/h14-16,19H,7-13H2,1-6H3. The molecule has 0 amide bonds. The Hall–Kier alpha value is 0.0869. The van der Waals surface area contributed by atoms with Crippen LogP contribution in [-0.2, 0) is 14.3 Å². The molecule has 2 rings (SSSR count). The van der Waals surface area contributed by atoms with Gasteiger partial charge in [-0.1, -0.05) is 41.5 Å². The molecule has 4 nitrogen and oxygen atoms in total. The van der Waals surface area contributed by atoms with E-state index in [9.17, 15) is 13.5 Å². The second kappa shape index (κ2) is 6.67. The van der Waals surface area contributed by atoms with Crippen LogP contribution in [0.2, 0.25) is 16.6 Å². The summed E-state index contributed by atoms with van der Waals surface area (Å²) in [5.41, 5.74) is 1.53. The average molecular weight is 377 g/mol. The lowest BCUT2D eigenvalue weighted by Gasteiger charge is -2.42. The van der Waals surface area contributed by atoms with Gasteiger partial charge >= 0.3 is 0 Å². The van der Waals surface area contributed by atoms with E-state index in [-0.39, 0.29) is 6.61 Å². The van der Waals surface area contributed by atoms with Crippen LogP contribution >= 0.6 is 0 Å². The normalized spacial score (nSPS) is 22.4. The molecule has 2 saturated carbocycles. The molecular weight excluding hydrogens is 340 g/mol. The summed E-state index contributed by atoms with van der Waals surface area (Å²) >= 11 is 0. The quantitative estimate of drug-likeness (QED) is 0.584. The van der Waals surface area contributed by atoms with Gasteiger partial charge < -0.3 is 9.53 Å². The first-order chi connectivity index (χ1) is 11.0. The number of sulfone groups is 1. The molecule has 0 heterocycles. The van der Waals surface area contributed by atoms with Crippen LogP contribution in [0, 0.1) is 0 Å². The molecule has 1 N–H and O–H groups in total. The zero-order valence-corrected chi connectivity index (χ0v) is 18.1. The predicted octanol–water partition coefficient (Wildman–Crippen LogP) is 4.04. The van der Waals surface area contributed by atoms with Crippen molar-refractivity contribution in [3.63, 3.8) is 0 Å². The molecule has 24 heavy (non-hydrogen) atoms. The molecule has 2 aliphatic carbocycles. The molecule has 0 aromatic heterocycles. The van der Waals surface area contributed by atoms with Crippen molar-refractivity contribution in [1.29, 1.82) is 0 Å². The fraction of sp³-hybridized carbons (Fsp3) is 1.00. The van der Waals surface area contributed by atoms with E-state index in [0.717, 1.165) is 12.8 Å². The minimum atomic E-state index is -3.26. The molecule has 0 spiro atoms. The average Bonchev–Trinajstić information content (AvgIpc) is 3.36. The summed E-state index contributed by atoms with van der Waals surface area (Å²) in [6.07, 6.45) is 3.31. The van der Waals surface area contributed by atoms with Gasteiger partial charge in [-0.3, -0.25) is 0 Å². The van der Waals surface area contributed by atoms with Gasteiger partial charge in [0, 0.05) is 6.61 Å². The lowest BCUT2D eigenvalue weighted by atomic mass is 10.3. The first-order valence-electron chi connectivity index (χ1n) is 9.50. The van der Waals surface area contributed by atoms with Crippen LogP contribution in [0.4, 0.5) is 0 Å². The SMILES string of the molecule is CC(C)[Si](OCCC1(S(=O)(=O)C2(CO)CC2)CC1)(C(C)C)C(C)C. The summed E-state index contributed by atoms with van der Waals surface area (Å²) in [5.74, 6) is 0. The molecule has 0 unspecified atom stereocenters. The predicted molar refractivity (Wildman–Crippen MR) is 102 cm³/mol. The van der Waals surface area contributed by atoms with E-state index >= 15 is 0 Å². The number of hydrogen-bond donors (Lipinski definition) is 1. The van der Waals surface area contributed by atoms with E-state index in [4.69, 9.17) is 4.43 Å². The van der Waals surface area contributed by atoms with Crippen molar-refractivity contribution in [2.24, 2.45) is 0 Å². The summed E-state index contributed by atoms with van der Waals surface area (Å²) < 4.78 is 31.1. The number of hydrogen-bond acceptors (Lipinski definition) is 4. The monoisotopic (exact) mass is 376 g/mol. The van der Waals surface area contributed by atoms with Gasteiger partial charge in [0.25, 0.3) is 0 Å². The summed E-state index contributed by atoms with van der Waals surface area (Å²) in [5, 5.41) is 9.55. The Morgan fingerprint density at radius 3 is 1.62 bits per heavy atom. The first-order valence-corrected chi connectivity index (χ1v) is 13.1. The summed E-state index contributed by atoms with van der Waals surface area (Å²) in [6.45, 7) is 13.8. The van der Waals surface area contributed by atoms with Crippen LogP contribution in [0.25, 0.3) is 0 Å².